The van der Waals surface area contributed by atoms with E-state index in [0.717, 1.165) is 0 Å². The van der Waals surface area contributed by atoms with Gasteiger partial charge in [-0.2, -0.15) is 4.68 Å². The first-order chi connectivity index (χ1) is 9.66. The van der Waals surface area contributed by atoms with E-state index in [1.807, 2.05) is 5.38 Å². The van der Waals surface area contributed by atoms with Crippen molar-refractivity contribution in [2.24, 2.45) is 0 Å². The standard InChI is InChI=1S/C11H12N6O2S/c1-7-9(10(19)16-4-2-12-8(18)6-16)14-15-17(7)11-13-3-5-20-11/h3,5H,2,4,6H2,1H3,(H,12,18). The Bertz CT molecular complexity index is 650. The second-order valence-corrected chi connectivity index (χ2v) is 5.20. The molecule has 0 unspecified atom stereocenters. The zero-order valence-electron chi connectivity index (χ0n) is 10.7. The molecular formula is C11H12N6O2S. The summed E-state index contributed by atoms with van der Waals surface area (Å²) >= 11 is 1.41. The fourth-order valence-corrected chi connectivity index (χ4v) is 2.63. The predicted molar refractivity (Wildman–Crippen MR) is 70.7 cm³/mol. The molecule has 20 heavy (non-hydrogen) atoms. The topological polar surface area (TPSA) is 93.0 Å². The molecule has 3 heterocycles. The molecular weight excluding hydrogens is 280 g/mol. The number of carbonyl (C=O) groups is 2. The Hall–Kier alpha value is -2.29. The molecule has 1 aliphatic heterocycles. The van der Waals surface area contributed by atoms with Crippen molar-refractivity contribution in [2.45, 2.75) is 6.92 Å². The Labute approximate surface area is 118 Å². The molecule has 0 bridgehead atoms. The summed E-state index contributed by atoms with van der Waals surface area (Å²) in [7, 11) is 0. The van der Waals surface area contributed by atoms with Gasteiger partial charge in [-0.05, 0) is 6.92 Å². The number of nitrogens with zero attached hydrogens (tertiary/aromatic N) is 5. The average Bonchev–Trinajstić information content (AvgIpc) is 3.07. The average molecular weight is 292 g/mol. The maximum absolute atomic E-state index is 12.4. The molecule has 1 N–H and O–H groups in total. The SMILES string of the molecule is Cc1c(C(=O)N2CCNC(=O)C2)nnn1-c1nccs1. The van der Waals surface area contributed by atoms with Crippen molar-refractivity contribution in [1.29, 1.82) is 0 Å². The normalized spacial score (nSPS) is 15.2. The number of piperazine rings is 1. The van der Waals surface area contributed by atoms with Gasteiger partial charge < -0.3 is 10.2 Å². The van der Waals surface area contributed by atoms with Gasteiger partial charge in [0.15, 0.2) is 5.69 Å². The van der Waals surface area contributed by atoms with Crippen molar-refractivity contribution < 1.29 is 9.59 Å². The van der Waals surface area contributed by atoms with E-state index in [0.29, 0.717) is 23.9 Å². The van der Waals surface area contributed by atoms with E-state index in [2.05, 4.69) is 20.6 Å². The van der Waals surface area contributed by atoms with Crippen LogP contribution >= 0.6 is 11.3 Å². The summed E-state index contributed by atoms with van der Waals surface area (Å²) in [6, 6.07) is 0. The summed E-state index contributed by atoms with van der Waals surface area (Å²) in [6.45, 7) is 2.76. The van der Waals surface area contributed by atoms with E-state index in [1.54, 1.807) is 13.1 Å². The zero-order valence-corrected chi connectivity index (χ0v) is 11.6. The molecule has 2 amide bonds. The summed E-state index contributed by atoms with van der Waals surface area (Å²) in [5.41, 5.74) is 0.880. The first kappa shape index (κ1) is 12.7. The van der Waals surface area contributed by atoms with Crippen molar-refractivity contribution in [1.82, 2.24) is 30.2 Å². The molecule has 3 rings (SSSR count). The summed E-state index contributed by atoms with van der Waals surface area (Å²) in [5, 5.41) is 13.1. The van der Waals surface area contributed by atoms with Crippen LogP contribution in [0.3, 0.4) is 0 Å². The lowest BCUT2D eigenvalue weighted by molar-refractivity contribution is -0.123. The van der Waals surface area contributed by atoms with Crippen molar-refractivity contribution in [3.8, 4) is 5.13 Å². The minimum atomic E-state index is -0.278. The van der Waals surface area contributed by atoms with Gasteiger partial charge in [-0.3, -0.25) is 9.59 Å². The highest BCUT2D eigenvalue weighted by molar-refractivity contribution is 7.12. The Morgan fingerprint density at radius 1 is 1.50 bits per heavy atom. The van der Waals surface area contributed by atoms with Gasteiger partial charge in [-0.15, -0.1) is 16.4 Å². The number of hydrogen-bond donors (Lipinski definition) is 1. The summed E-state index contributed by atoms with van der Waals surface area (Å²) in [5.74, 6) is -0.435. The van der Waals surface area contributed by atoms with Crippen LogP contribution in [0, 0.1) is 6.92 Å². The molecule has 1 fully saturated rings. The van der Waals surface area contributed by atoms with Gasteiger partial charge >= 0.3 is 0 Å². The Morgan fingerprint density at radius 3 is 3.05 bits per heavy atom. The maximum Gasteiger partial charge on any atom is 0.276 e. The van der Waals surface area contributed by atoms with Crippen LogP contribution in [0.4, 0.5) is 0 Å². The van der Waals surface area contributed by atoms with Gasteiger partial charge in [0.2, 0.25) is 11.0 Å². The molecule has 104 valence electrons. The summed E-state index contributed by atoms with van der Waals surface area (Å²) < 4.78 is 1.53. The molecule has 1 saturated heterocycles. The van der Waals surface area contributed by atoms with Crippen molar-refractivity contribution in [2.75, 3.05) is 19.6 Å². The zero-order chi connectivity index (χ0) is 14.1. The van der Waals surface area contributed by atoms with Crippen LogP contribution in [0.1, 0.15) is 16.2 Å². The molecule has 0 saturated carbocycles. The number of hydrogen-bond acceptors (Lipinski definition) is 6. The smallest absolute Gasteiger partial charge is 0.276 e. The fourth-order valence-electron chi connectivity index (χ4n) is 1.99. The van der Waals surface area contributed by atoms with Crippen LogP contribution in [-0.2, 0) is 4.79 Å². The third kappa shape index (κ3) is 2.16. The largest absolute Gasteiger partial charge is 0.353 e. The van der Waals surface area contributed by atoms with E-state index in [4.69, 9.17) is 0 Å². The molecule has 0 radical (unpaired) electrons. The maximum atomic E-state index is 12.4. The number of rotatable bonds is 2. The van der Waals surface area contributed by atoms with Crippen molar-refractivity contribution in [3.05, 3.63) is 23.0 Å². The second-order valence-electron chi connectivity index (χ2n) is 4.33. The lowest BCUT2D eigenvalue weighted by Crippen LogP contribution is -2.50. The van der Waals surface area contributed by atoms with Crippen LogP contribution in [0.5, 0.6) is 0 Å². The first-order valence-corrected chi connectivity index (χ1v) is 6.93. The van der Waals surface area contributed by atoms with Crippen LogP contribution in [-0.4, -0.2) is 56.3 Å². The fraction of sp³-hybridized carbons (Fsp3) is 0.364. The summed E-state index contributed by atoms with van der Waals surface area (Å²) in [4.78, 5) is 29.3. The van der Waals surface area contributed by atoms with Gasteiger partial charge in [0.1, 0.15) is 0 Å². The van der Waals surface area contributed by atoms with Crippen LogP contribution in [0.25, 0.3) is 5.13 Å². The highest BCUT2D eigenvalue weighted by atomic mass is 32.1. The van der Waals surface area contributed by atoms with Crippen molar-refractivity contribution in [3.63, 3.8) is 0 Å². The van der Waals surface area contributed by atoms with Crippen molar-refractivity contribution >= 4 is 23.2 Å². The van der Waals surface area contributed by atoms with Gasteiger partial charge in [-0.25, -0.2) is 4.98 Å². The van der Waals surface area contributed by atoms with Crippen LogP contribution < -0.4 is 5.32 Å². The Kier molecular flexibility index (Phi) is 3.18. The number of nitrogens with one attached hydrogen (secondary N) is 1. The minimum Gasteiger partial charge on any atom is -0.353 e. The quantitative estimate of drug-likeness (QED) is 0.813. The lowest BCUT2D eigenvalue weighted by atomic mass is 10.2. The Balaban J connectivity index is 1.87. The number of thiazole rings is 1. The molecule has 9 heteroatoms. The number of aromatic nitrogens is 4. The second kappa shape index (κ2) is 5.00. The van der Waals surface area contributed by atoms with Crippen LogP contribution in [0.2, 0.25) is 0 Å². The lowest BCUT2D eigenvalue weighted by Gasteiger charge is -2.25. The van der Waals surface area contributed by atoms with E-state index in [1.165, 1.54) is 20.9 Å². The van der Waals surface area contributed by atoms with Gasteiger partial charge in [0.25, 0.3) is 5.91 Å². The van der Waals surface area contributed by atoms with Gasteiger partial charge in [0, 0.05) is 24.7 Å². The van der Waals surface area contributed by atoms with E-state index in [9.17, 15) is 9.59 Å². The monoisotopic (exact) mass is 292 g/mol. The highest BCUT2D eigenvalue weighted by Crippen LogP contribution is 2.15. The van der Waals surface area contributed by atoms with Gasteiger partial charge in [-0.1, -0.05) is 5.21 Å². The van der Waals surface area contributed by atoms with Gasteiger partial charge in [0.05, 0.1) is 12.2 Å². The molecule has 0 aromatic carbocycles. The van der Waals surface area contributed by atoms with E-state index in [-0.39, 0.29) is 24.1 Å². The summed E-state index contributed by atoms with van der Waals surface area (Å²) in [6.07, 6.45) is 1.66. The number of carbonyl (C=O) groups excluding carboxylic acids is 2. The first-order valence-electron chi connectivity index (χ1n) is 6.05. The Morgan fingerprint density at radius 2 is 2.35 bits per heavy atom. The highest BCUT2D eigenvalue weighted by Gasteiger charge is 2.27. The van der Waals surface area contributed by atoms with E-state index < -0.39 is 0 Å². The molecule has 0 atom stereocenters. The third-order valence-electron chi connectivity index (χ3n) is 3.02. The molecule has 0 aliphatic carbocycles. The molecule has 0 spiro atoms. The molecule has 8 nitrogen and oxygen atoms in total. The van der Waals surface area contributed by atoms with E-state index >= 15 is 0 Å². The number of amides is 2. The molecule has 1 aliphatic rings. The minimum absolute atomic E-state index is 0.0579. The predicted octanol–water partition coefficient (Wildman–Crippen LogP) is -0.396. The van der Waals surface area contributed by atoms with Crippen LogP contribution in [0.15, 0.2) is 11.6 Å². The molecule has 2 aromatic rings. The third-order valence-corrected chi connectivity index (χ3v) is 3.77. The molecule has 2 aromatic heterocycles.